The van der Waals surface area contributed by atoms with Gasteiger partial charge in [-0.1, -0.05) is 35.9 Å². The number of benzene rings is 2. The quantitative estimate of drug-likeness (QED) is 0.638. The molecule has 1 N–H and O–H groups in total. The Labute approximate surface area is 132 Å². The molecule has 5 heteroatoms. The average Bonchev–Trinajstić information content (AvgIpc) is 2.45. The SMILES string of the molecule is Cc1cccc([C@H](C)NCc2ccc(Br)c([N+](=O)[O-])c2)c1. The molecule has 0 aliphatic carbocycles. The molecule has 0 saturated carbocycles. The summed E-state index contributed by atoms with van der Waals surface area (Å²) in [6, 6.07) is 13.7. The van der Waals surface area contributed by atoms with Crippen molar-refractivity contribution in [3.05, 3.63) is 73.7 Å². The van der Waals surface area contributed by atoms with E-state index in [4.69, 9.17) is 0 Å². The molecule has 4 nitrogen and oxygen atoms in total. The van der Waals surface area contributed by atoms with Gasteiger partial charge in [0, 0.05) is 18.7 Å². The Morgan fingerprint density at radius 2 is 2.05 bits per heavy atom. The topological polar surface area (TPSA) is 55.2 Å². The summed E-state index contributed by atoms with van der Waals surface area (Å²) in [5.74, 6) is 0. The van der Waals surface area contributed by atoms with Crippen LogP contribution in [0.15, 0.2) is 46.9 Å². The highest BCUT2D eigenvalue weighted by Crippen LogP contribution is 2.26. The van der Waals surface area contributed by atoms with Crippen LogP contribution in [-0.4, -0.2) is 4.92 Å². The highest BCUT2D eigenvalue weighted by molar-refractivity contribution is 9.10. The first kappa shape index (κ1) is 15.7. The molecule has 0 heterocycles. The molecule has 0 fully saturated rings. The molecule has 0 aliphatic rings. The molecular weight excluding hydrogens is 332 g/mol. The summed E-state index contributed by atoms with van der Waals surface area (Å²) in [5, 5.41) is 14.3. The number of rotatable bonds is 5. The van der Waals surface area contributed by atoms with Crippen LogP contribution in [-0.2, 0) is 6.54 Å². The summed E-state index contributed by atoms with van der Waals surface area (Å²) in [6.45, 7) is 4.74. The zero-order valence-corrected chi connectivity index (χ0v) is 13.6. The molecule has 1 atom stereocenters. The number of nitrogens with one attached hydrogen (secondary N) is 1. The molecule has 0 aliphatic heterocycles. The molecule has 0 saturated heterocycles. The van der Waals surface area contributed by atoms with Crippen molar-refractivity contribution < 1.29 is 4.92 Å². The summed E-state index contributed by atoms with van der Waals surface area (Å²) in [5.41, 5.74) is 3.42. The first-order valence-corrected chi connectivity index (χ1v) is 7.49. The van der Waals surface area contributed by atoms with Crippen molar-refractivity contribution in [2.24, 2.45) is 0 Å². The minimum atomic E-state index is -0.377. The Morgan fingerprint density at radius 3 is 2.71 bits per heavy atom. The van der Waals surface area contributed by atoms with Crippen LogP contribution < -0.4 is 5.32 Å². The van der Waals surface area contributed by atoms with Crippen LogP contribution in [0.3, 0.4) is 0 Å². The van der Waals surface area contributed by atoms with E-state index in [0.717, 1.165) is 5.56 Å². The van der Waals surface area contributed by atoms with Crippen LogP contribution in [0.25, 0.3) is 0 Å². The molecule has 0 unspecified atom stereocenters. The Hall–Kier alpha value is -1.72. The Bertz CT molecular complexity index is 658. The standard InChI is InChI=1S/C16H17BrN2O2/c1-11-4-3-5-14(8-11)12(2)18-10-13-6-7-15(17)16(9-13)19(20)21/h3-9,12,18H,10H2,1-2H3/t12-/m0/s1. The molecular formula is C16H17BrN2O2. The van der Waals surface area contributed by atoms with Crippen molar-refractivity contribution in [3.8, 4) is 0 Å². The van der Waals surface area contributed by atoms with Gasteiger partial charge in [0.2, 0.25) is 0 Å². The molecule has 0 spiro atoms. The van der Waals surface area contributed by atoms with Crippen LogP contribution in [0.1, 0.15) is 29.7 Å². The van der Waals surface area contributed by atoms with Crippen molar-refractivity contribution in [1.29, 1.82) is 0 Å². The second kappa shape index (κ2) is 6.83. The largest absolute Gasteiger partial charge is 0.306 e. The van der Waals surface area contributed by atoms with Crippen molar-refractivity contribution in [1.82, 2.24) is 5.32 Å². The van der Waals surface area contributed by atoms with Gasteiger partial charge in [-0.15, -0.1) is 0 Å². The van der Waals surface area contributed by atoms with E-state index in [2.05, 4.69) is 53.3 Å². The number of nitro groups is 1. The minimum Gasteiger partial charge on any atom is -0.306 e. The minimum absolute atomic E-state index is 0.0949. The van der Waals surface area contributed by atoms with Crippen LogP contribution in [0.5, 0.6) is 0 Å². The second-order valence-electron chi connectivity index (χ2n) is 5.06. The highest BCUT2D eigenvalue weighted by Gasteiger charge is 2.13. The number of nitrogens with zero attached hydrogens (tertiary/aromatic N) is 1. The van der Waals surface area contributed by atoms with Crippen LogP contribution in [0.4, 0.5) is 5.69 Å². The van der Waals surface area contributed by atoms with E-state index < -0.39 is 0 Å². The molecule has 2 aromatic carbocycles. The van der Waals surface area contributed by atoms with E-state index in [-0.39, 0.29) is 16.7 Å². The van der Waals surface area contributed by atoms with Gasteiger partial charge in [-0.25, -0.2) is 0 Å². The molecule has 0 bridgehead atoms. The van der Waals surface area contributed by atoms with E-state index in [1.165, 1.54) is 11.1 Å². The van der Waals surface area contributed by atoms with Gasteiger partial charge in [-0.3, -0.25) is 10.1 Å². The van der Waals surface area contributed by atoms with Gasteiger partial charge in [0.05, 0.1) is 9.40 Å². The van der Waals surface area contributed by atoms with E-state index in [9.17, 15) is 10.1 Å². The third-order valence-corrected chi connectivity index (χ3v) is 4.03. The lowest BCUT2D eigenvalue weighted by Gasteiger charge is -2.15. The van der Waals surface area contributed by atoms with Crippen molar-refractivity contribution in [3.63, 3.8) is 0 Å². The molecule has 2 rings (SSSR count). The Kier molecular flexibility index (Phi) is 5.09. The molecule has 0 radical (unpaired) electrons. The van der Waals surface area contributed by atoms with Crippen molar-refractivity contribution in [2.45, 2.75) is 26.4 Å². The number of halogens is 1. The summed E-state index contributed by atoms with van der Waals surface area (Å²) in [6.07, 6.45) is 0. The van der Waals surface area contributed by atoms with E-state index in [0.29, 0.717) is 11.0 Å². The smallest absolute Gasteiger partial charge is 0.283 e. The molecule has 0 aromatic heterocycles. The Morgan fingerprint density at radius 1 is 1.29 bits per heavy atom. The van der Waals surface area contributed by atoms with Gasteiger partial charge < -0.3 is 5.32 Å². The van der Waals surface area contributed by atoms with Gasteiger partial charge >= 0.3 is 0 Å². The zero-order chi connectivity index (χ0) is 15.4. The predicted octanol–water partition coefficient (Wildman–Crippen LogP) is 4.52. The molecule has 2 aromatic rings. The van der Waals surface area contributed by atoms with Gasteiger partial charge in [-0.2, -0.15) is 0 Å². The van der Waals surface area contributed by atoms with Gasteiger partial charge in [0.1, 0.15) is 0 Å². The van der Waals surface area contributed by atoms with Crippen molar-refractivity contribution in [2.75, 3.05) is 0 Å². The van der Waals surface area contributed by atoms with Crippen LogP contribution >= 0.6 is 15.9 Å². The van der Waals surface area contributed by atoms with Gasteiger partial charge in [-0.05, 0) is 47.0 Å². The lowest BCUT2D eigenvalue weighted by molar-refractivity contribution is -0.385. The first-order valence-electron chi connectivity index (χ1n) is 6.70. The van der Waals surface area contributed by atoms with Gasteiger partial charge in [0.15, 0.2) is 0 Å². The van der Waals surface area contributed by atoms with E-state index in [1.54, 1.807) is 12.1 Å². The summed E-state index contributed by atoms with van der Waals surface area (Å²) < 4.78 is 0.503. The third kappa shape index (κ3) is 4.12. The summed E-state index contributed by atoms with van der Waals surface area (Å²) in [7, 11) is 0. The van der Waals surface area contributed by atoms with Gasteiger partial charge in [0.25, 0.3) is 5.69 Å². The lowest BCUT2D eigenvalue weighted by Crippen LogP contribution is -2.18. The summed E-state index contributed by atoms with van der Waals surface area (Å²) in [4.78, 5) is 10.5. The number of hydrogen-bond acceptors (Lipinski definition) is 3. The number of nitro benzene ring substituents is 1. The Balaban J connectivity index is 2.06. The van der Waals surface area contributed by atoms with E-state index in [1.807, 2.05) is 12.1 Å². The maximum absolute atomic E-state index is 10.9. The average molecular weight is 349 g/mol. The third-order valence-electron chi connectivity index (χ3n) is 3.36. The monoisotopic (exact) mass is 348 g/mol. The predicted molar refractivity (Wildman–Crippen MR) is 87.2 cm³/mol. The normalized spacial score (nSPS) is 12.1. The summed E-state index contributed by atoms with van der Waals surface area (Å²) >= 11 is 3.19. The van der Waals surface area contributed by atoms with Crippen LogP contribution in [0.2, 0.25) is 0 Å². The first-order chi connectivity index (χ1) is 9.97. The van der Waals surface area contributed by atoms with Crippen LogP contribution in [0, 0.1) is 17.0 Å². The second-order valence-corrected chi connectivity index (χ2v) is 5.91. The van der Waals surface area contributed by atoms with Crippen molar-refractivity contribution >= 4 is 21.6 Å². The fourth-order valence-corrected chi connectivity index (χ4v) is 2.53. The molecule has 0 amide bonds. The maximum atomic E-state index is 10.9. The number of hydrogen-bond donors (Lipinski definition) is 1. The fraction of sp³-hybridized carbons (Fsp3) is 0.250. The lowest BCUT2D eigenvalue weighted by atomic mass is 10.1. The fourth-order valence-electron chi connectivity index (χ4n) is 2.14. The zero-order valence-electron chi connectivity index (χ0n) is 12.0. The molecule has 21 heavy (non-hydrogen) atoms. The van der Waals surface area contributed by atoms with E-state index >= 15 is 0 Å². The molecule has 110 valence electrons. The number of aryl methyl sites for hydroxylation is 1. The maximum Gasteiger partial charge on any atom is 0.283 e. The highest BCUT2D eigenvalue weighted by atomic mass is 79.9.